The molecule has 3 nitrogen and oxygen atoms in total. The van der Waals surface area contributed by atoms with E-state index in [4.69, 9.17) is 17.3 Å². The van der Waals surface area contributed by atoms with Crippen LogP contribution in [0.1, 0.15) is 32.1 Å². The van der Waals surface area contributed by atoms with E-state index in [1.807, 2.05) is 0 Å². The van der Waals surface area contributed by atoms with Gasteiger partial charge < -0.3 is 14.6 Å². The zero-order valence-electron chi connectivity index (χ0n) is 13.8. The molecule has 0 amide bonds. The molecule has 136 valence electrons. The van der Waals surface area contributed by atoms with Crippen LogP contribution in [0.5, 0.6) is 0 Å². The fourth-order valence-electron chi connectivity index (χ4n) is 4.37. The molecular formula is C17H26BF3O3. The second kappa shape index (κ2) is 7.96. The van der Waals surface area contributed by atoms with Crippen molar-refractivity contribution in [2.24, 2.45) is 23.7 Å². The van der Waals surface area contributed by atoms with Gasteiger partial charge in [0.1, 0.15) is 6.17 Å². The van der Waals surface area contributed by atoms with E-state index in [0.717, 1.165) is 32.0 Å². The summed E-state index contributed by atoms with van der Waals surface area (Å²) < 4.78 is 52.0. The van der Waals surface area contributed by atoms with Gasteiger partial charge in [-0.3, -0.25) is 0 Å². The van der Waals surface area contributed by atoms with E-state index < -0.39 is 36.8 Å². The first-order valence-corrected chi connectivity index (χ1v) is 9.04. The smallest absolute Gasteiger partial charge is 0.165 e. The molecule has 1 N–H and O–H groups in total. The molecule has 7 heteroatoms. The normalized spacial score (nSPS) is 50.6. The lowest BCUT2D eigenvalue weighted by Gasteiger charge is -2.43. The summed E-state index contributed by atoms with van der Waals surface area (Å²) in [5.74, 6) is 0.518. The molecule has 3 aliphatic rings. The van der Waals surface area contributed by atoms with Crippen LogP contribution in [0.4, 0.5) is 13.2 Å². The second-order valence-corrected chi connectivity index (χ2v) is 7.61. The Morgan fingerprint density at radius 2 is 1.54 bits per heavy atom. The van der Waals surface area contributed by atoms with Crippen molar-refractivity contribution in [2.45, 2.75) is 69.3 Å². The third kappa shape index (κ3) is 3.78. The van der Waals surface area contributed by atoms with Crippen molar-refractivity contribution in [3.05, 3.63) is 0 Å². The summed E-state index contributed by atoms with van der Waals surface area (Å²) in [5.41, 5.74) is 0. The minimum absolute atomic E-state index is 0.261. The molecule has 0 bridgehead atoms. The number of halogens is 3. The molecule has 5 unspecified atom stereocenters. The summed E-state index contributed by atoms with van der Waals surface area (Å²) in [6, 6.07) is 0. The van der Waals surface area contributed by atoms with Crippen LogP contribution in [-0.4, -0.2) is 57.1 Å². The van der Waals surface area contributed by atoms with Crippen LogP contribution < -0.4 is 0 Å². The molecule has 3 fully saturated rings. The predicted molar refractivity (Wildman–Crippen MR) is 84.0 cm³/mol. The Kier molecular flexibility index (Phi) is 6.14. The lowest BCUT2D eigenvalue weighted by molar-refractivity contribution is -0.260. The summed E-state index contributed by atoms with van der Waals surface area (Å²) in [7, 11) is 5.71. The lowest BCUT2D eigenvalue weighted by atomic mass is 9.72. The minimum Gasteiger partial charge on any atom is -0.389 e. The summed E-state index contributed by atoms with van der Waals surface area (Å²) in [6.07, 6.45) is -3.99. The van der Waals surface area contributed by atoms with Crippen molar-refractivity contribution >= 4 is 7.85 Å². The molecule has 0 aromatic heterocycles. The molecular weight excluding hydrogens is 320 g/mol. The molecule has 2 radical (unpaired) electrons. The quantitative estimate of drug-likeness (QED) is 0.799. The molecule has 1 saturated heterocycles. The monoisotopic (exact) mass is 346 g/mol. The lowest BCUT2D eigenvalue weighted by Crippen LogP contribution is -2.54. The molecule has 24 heavy (non-hydrogen) atoms. The fraction of sp³-hybridized carbons (Fsp3) is 1.00. The van der Waals surface area contributed by atoms with Crippen LogP contribution >= 0.6 is 0 Å². The Hall–Kier alpha value is -0.265. The van der Waals surface area contributed by atoms with Crippen LogP contribution in [0.25, 0.3) is 0 Å². The Bertz CT molecular complexity index is 401. The highest BCUT2D eigenvalue weighted by molar-refractivity contribution is 6.08. The Morgan fingerprint density at radius 1 is 0.917 bits per heavy atom. The van der Waals surface area contributed by atoms with E-state index in [1.165, 1.54) is 0 Å². The van der Waals surface area contributed by atoms with E-state index in [-0.39, 0.29) is 12.3 Å². The fourth-order valence-corrected chi connectivity index (χ4v) is 4.37. The van der Waals surface area contributed by atoms with E-state index in [0.29, 0.717) is 25.0 Å². The minimum atomic E-state index is -2.27. The number of aliphatic hydroxyl groups is 1. The van der Waals surface area contributed by atoms with E-state index in [2.05, 4.69) is 0 Å². The van der Waals surface area contributed by atoms with E-state index in [9.17, 15) is 18.3 Å². The molecule has 0 aromatic rings. The molecule has 1 heterocycles. The largest absolute Gasteiger partial charge is 0.389 e. The molecule has 5 atom stereocenters. The van der Waals surface area contributed by atoms with Crippen LogP contribution in [0, 0.1) is 23.7 Å². The number of alkyl halides is 3. The number of aliphatic hydroxyl groups excluding tert-OH is 1. The van der Waals surface area contributed by atoms with Gasteiger partial charge in [0.25, 0.3) is 0 Å². The van der Waals surface area contributed by atoms with Crippen molar-refractivity contribution in [3.63, 3.8) is 0 Å². The van der Waals surface area contributed by atoms with Crippen LogP contribution in [0.2, 0.25) is 6.32 Å². The second-order valence-electron chi connectivity index (χ2n) is 7.61. The van der Waals surface area contributed by atoms with Crippen molar-refractivity contribution < 1.29 is 27.8 Å². The Balaban J connectivity index is 1.50. The maximum Gasteiger partial charge on any atom is 0.165 e. The van der Waals surface area contributed by atoms with Crippen LogP contribution in [0.15, 0.2) is 0 Å². The topological polar surface area (TPSA) is 38.7 Å². The SMILES string of the molecule is [B]CC1CCC(C2COC(C3CC(F)C(F)C(F)C3O)OC2)CC1. The number of ether oxygens (including phenoxy) is 2. The summed E-state index contributed by atoms with van der Waals surface area (Å²) in [5, 5.41) is 9.90. The van der Waals surface area contributed by atoms with E-state index >= 15 is 0 Å². The first kappa shape index (κ1) is 18.5. The van der Waals surface area contributed by atoms with Crippen molar-refractivity contribution in [1.29, 1.82) is 0 Å². The first-order valence-electron chi connectivity index (χ1n) is 9.04. The first-order chi connectivity index (χ1) is 11.5. The Labute approximate surface area is 142 Å². The van der Waals surface area contributed by atoms with Crippen molar-refractivity contribution in [3.8, 4) is 0 Å². The molecule has 3 rings (SSSR count). The average Bonchev–Trinajstić information content (AvgIpc) is 2.63. The van der Waals surface area contributed by atoms with Crippen LogP contribution in [0.3, 0.4) is 0 Å². The number of hydrogen-bond acceptors (Lipinski definition) is 3. The Morgan fingerprint density at radius 3 is 2.12 bits per heavy atom. The maximum absolute atomic E-state index is 13.7. The molecule has 1 aliphatic heterocycles. The summed E-state index contributed by atoms with van der Waals surface area (Å²) in [6.45, 7) is 0.914. The van der Waals surface area contributed by atoms with Gasteiger partial charge in [0, 0.05) is 11.8 Å². The summed E-state index contributed by atoms with van der Waals surface area (Å²) >= 11 is 0. The third-order valence-corrected chi connectivity index (χ3v) is 6.10. The van der Waals surface area contributed by atoms with Gasteiger partial charge in [-0.1, -0.05) is 19.2 Å². The zero-order chi connectivity index (χ0) is 17.3. The zero-order valence-corrected chi connectivity index (χ0v) is 13.8. The van der Waals surface area contributed by atoms with Gasteiger partial charge in [0.15, 0.2) is 18.6 Å². The predicted octanol–water partition coefficient (Wildman–Crippen LogP) is 2.76. The highest BCUT2D eigenvalue weighted by atomic mass is 19.2. The maximum atomic E-state index is 13.7. The number of rotatable bonds is 3. The highest BCUT2D eigenvalue weighted by Gasteiger charge is 2.49. The third-order valence-electron chi connectivity index (χ3n) is 6.10. The van der Waals surface area contributed by atoms with Gasteiger partial charge in [0.05, 0.1) is 27.2 Å². The van der Waals surface area contributed by atoms with Gasteiger partial charge in [-0.25, -0.2) is 13.2 Å². The molecule has 2 saturated carbocycles. The van der Waals surface area contributed by atoms with Gasteiger partial charge >= 0.3 is 0 Å². The molecule has 0 aromatic carbocycles. The average molecular weight is 346 g/mol. The van der Waals surface area contributed by atoms with Crippen molar-refractivity contribution in [2.75, 3.05) is 13.2 Å². The van der Waals surface area contributed by atoms with Gasteiger partial charge in [-0.15, -0.1) is 0 Å². The number of hydrogen-bond donors (Lipinski definition) is 1. The standard InChI is InChI=1S/C17H26BF3O3/c18-6-9-1-3-10(4-2-9)11-7-23-17(24-8-11)12-5-13(19)14(20)15(21)16(12)22/h9-17,22H,1-8H2. The van der Waals surface area contributed by atoms with E-state index in [1.54, 1.807) is 0 Å². The highest BCUT2D eigenvalue weighted by Crippen LogP contribution is 2.39. The van der Waals surface area contributed by atoms with Gasteiger partial charge in [-0.2, -0.15) is 0 Å². The van der Waals surface area contributed by atoms with Gasteiger partial charge in [-0.05, 0) is 31.1 Å². The van der Waals surface area contributed by atoms with Gasteiger partial charge in [0.2, 0.25) is 0 Å². The molecule has 0 spiro atoms. The van der Waals surface area contributed by atoms with Crippen molar-refractivity contribution in [1.82, 2.24) is 0 Å². The molecule has 2 aliphatic carbocycles. The summed E-state index contributed by atoms with van der Waals surface area (Å²) in [4.78, 5) is 0. The van der Waals surface area contributed by atoms with Crippen LogP contribution in [-0.2, 0) is 9.47 Å².